The number of hydrogen-bond acceptors (Lipinski definition) is 5. The highest BCUT2D eigenvalue weighted by Gasteiger charge is 2.21. The number of piperidine rings is 1. The van der Waals surface area contributed by atoms with Crippen molar-refractivity contribution in [3.63, 3.8) is 0 Å². The highest BCUT2D eigenvalue weighted by molar-refractivity contribution is 5.91. The fourth-order valence-electron chi connectivity index (χ4n) is 3.55. The predicted molar refractivity (Wildman–Crippen MR) is 99.6 cm³/mol. The first-order chi connectivity index (χ1) is 13.1. The minimum absolute atomic E-state index is 0.0846. The molecule has 0 aromatic carbocycles. The lowest BCUT2D eigenvalue weighted by atomic mass is 9.96. The van der Waals surface area contributed by atoms with Crippen LogP contribution in [0.25, 0.3) is 5.65 Å². The van der Waals surface area contributed by atoms with Gasteiger partial charge in [-0.2, -0.15) is 0 Å². The van der Waals surface area contributed by atoms with Crippen LogP contribution in [0.5, 0.6) is 0 Å². The summed E-state index contributed by atoms with van der Waals surface area (Å²) in [5.74, 6) is 0.635. The SMILES string of the molecule is Cc1cc2nc(CN3CCC(CNC(=O)c4ccco4)CC3)cc(=O)n2[nH]1. The summed E-state index contributed by atoms with van der Waals surface area (Å²) in [4.78, 5) is 31.0. The minimum atomic E-state index is -0.165. The second kappa shape index (κ2) is 7.40. The lowest BCUT2D eigenvalue weighted by molar-refractivity contribution is 0.0907. The number of amides is 1. The number of likely N-dealkylation sites (tertiary alicyclic amines) is 1. The molecule has 0 unspecified atom stereocenters. The van der Waals surface area contributed by atoms with E-state index in [1.54, 1.807) is 18.2 Å². The number of hydrogen-bond donors (Lipinski definition) is 2. The van der Waals surface area contributed by atoms with Crippen LogP contribution in [0.4, 0.5) is 0 Å². The van der Waals surface area contributed by atoms with E-state index in [1.807, 2.05) is 13.0 Å². The van der Waals surface area contributed by atoms with Gasteiger partial charge in [0.1, 0.15) is 0 Å². The predicted octanol–water partition coefficient (Wildman–Crippen LogP) is 1.57. The number of carbonyl (C=O) groups is 1. The molecule has 3 aromatic rings. The molecular weight excluding hydrogens is 346 g/mol. The van der Waals surface area contributed by atoms with Crippen LogP contribution in [0, 0.1) is 12.8 Å². The Kier molecular flexibility index (Phi) is 4.81. The summed E-state index contributed by atoms with van der Waals surface area (Å²) >= 11 is 0. The first kappa shape index (κ1) is 17.5. The molecule has 142 valence electrons. The lowest BCUT2D eigenvalue weighted by Crippen LogP contribution is -2.38. The number of H-pyrrole nitrogens is 1. The van der Waals surface area contributed by atoms with E-state index >= 15 is 0 Å². The number of aromatic amines is 1. The van der Waals surface area contributed by atoms with Crippen molar-refractivity contribution in [1.29, 1.82) is 0 Å². The van der Waals surface area contributed by atoms with Crippen molar-refractivity contribution in [3.05, 3.63) is 58.0 Å². The average molecular weight is 369 g/mol. The van der Waals surface area contributed by atoms with E-state index < -0.39 is 0 Å². The Labute approximate surface area is 156 Å². The standard InChI is InChI=1S/C19H23N5O3/c1-13-9-17-21-15(10-18(25)24(17)22-13)12-23-6-4-14(5-7-23)11-20-19(26)16-3-2-8-27-16/h2-3,8-10,14,22H,4-7,11-12H2,1H3,(H,20,26). The molecule has 8 nitrogen and oxygen atoms in total. The lowest BCUT2D eigenvalue weighted by Gasteiger charge is -2.31. The molecule has 8 heteroatoms. The van der Waals surface area contributed by atoms with E-state index in [-0.39, 0.29) is 11.5 Å². The van der Waals surface area contributed by atoms with Gasteiger partial charge < -0.3 is 9.73 Å². The van der Waals surface area contributed by atoms with E-state index in [4.69, 9.17) is 4.42 Å². The molecule has 3 aromatic heterocycles. The molecule has 4 heterocycles. The van der Waals surface area contributed by atoms with Crippen LogP contribution in [0.1, 0.15) is 34.8 Å². The van der Waals surface area contributed by atoms with Gasteiger partial charge in [-0.1, -0.05) is 0 Å². The zero-order valence-electron chi connectivity index (χ0n) is 15.3. The summed E-state index contributed by atoms with van der Waals surface area (Å²) in [5, 5.41) is 5.92. The smallest absolute Gasteiger partial charge is 0.286 e. The molecule has 1 aliphatic heterocycles. The molecule has 27 heavy (non-hydrogen) atoms. The topological polar surface area (TPSA) is 95.6 Å². The molecule has 0 radical (unpaired) electrons. The Hall–Kier alpha value is -2.87. The first-order valence-corrected chi connectivity index (χ1v) is 9.21. The number of nitrogens with zero attached hydrogens (tertiary/aromatic N) is 3. The maximum atomic E-state index is 12.2. The number of rotatable bonds is 5. The average Bonchev–Trinajstić information content (AvgIpc) is 3.30. The van der Waals surface area contributed by atoms with Gasteiger partial charge >= 0.3 is 0 Å². The van der Waals surface area contributed by atoms with Gasteiger partial charge in [0.05, 0.1) is 12.0 Å². The van der Waals surface area contributed by atoms with Gasteiger partial charge in [-0.15, -0.1) is 0 Å². The minimum Gasteiger partial charge on any atom is -0.459 e. The normalized spacial score (nSPS) is 16.0. The van der Waals surface area contributed by atoms with Crippen LogP contribution < -0.4 is 10.9 Å². The quantitative estimate of drug-likeness (QED) is 0.712. The number of carbonyl (C=O) groups excluding carboxylic acids is 1. The molecule has 1 aliphatic rings. The maximum absolute atomic E-state index is 12.2. The molecule has 0 bridgehead atoms. The fraction of sp³-hybridized carbons (Fsp3) is 0.421. The molecule has 1 amide bonds. The Bertz CT molecular complexity index is 981. The van der Waals surface area contributed by atoms with Crippen molar-refractivity contribution in [1.82, 2.24) is 24.8 Å². The van der Waals surface area contributed by atoms with Gasteiger partial charge in [-0.25, -0.2) is 9.50 Å². The summed E-state index contributed by atoms with van der Waals surface area (Å²) < 4.78 is 6.57. The Balaban J connectivity index is 1.29. The molecule has 0 spiro atoms. The number of fused-ring (bicyclic) bond motifs is 1. The van der Waals surface area contributed by atoms with E-state index in [1.165, 1.54) is 10.8 Å². The Morgan fingerprint density at radius 2 is 2.19 bits per heavy atom. The second-order valence-electron chi connectivity index (χ2n) is 7.13. The Morgan fingerprint density at radius 1 is 1.37 bits per heavy atom. The Morgan fingerprint density at radius 3 is 2.93 bits per heavy atom. The van der Waals surface area contributed by atoms with Gasteiger partial charge in [-0.3, -0.25) is 19.6 Å². The second-order valence-corrected chi connectivity index (χ2v) is 7.13. The number of aromatic nitrogens is 3. The number of furan rings is 1. The van der Waals surface area contributed by atoms with E-state index in [9.17, 15) is 9.59 Å². The molecular formula is C19H23N5O3. The summed E-state index contributed by atoms with van der Waals surface area (Å²) in [5.41, 5.74) is 2.28. The van der Waals surface area contributed by atoms with Gasteiger partial charge in [0.25, 0.3) is 11.5 Å². The zero-order valence-corrected chi connectivity index (χ0v) is 15.3. The van der Waals surface area contributed by atoms with E-state index in [2.05, 4.69) is 20.3 Å². The zero-order chi connectivity index (χ0) is 18.8. The molecule has 1 fully saturated rings. The van der Waals surface area contributed by atoms with Gasteiger partial charge in [0.2, 0.25) is 0 Å². The van der Waals surface area contributed by atoms with Crippen molar-refractivity contribution < 1.29 is 9.21 Å². The summed E-state index contributed by atoms with van der Waals surface area (Å²) in [6.45, 7) is 5.08. The molecule has 4 rings (SSSR count). The highest BCUT2D eigenvalue weighted by Crippen LogP contribution is 2.18. The summed E-state index contributed by atoms with van der Waals surface area (Å²) in [6.07, 6.45) is 3.51. The number of aryl methyl sites for hydroxylation is 1. The van der Waals surface area contributed by atoms with E-state index in [0.717, 1.165) is 37.3 Å². The van der Waals surface area contributed by atoms with Gasteiger partial charge in [0.15, 0.2) is 11.4 Å². The van der Waals surface area contributed by atoms with Crippen molar-refractivity contribution >= 4 is 11.6 Å². The van der Waals surface area contributed by atoms with Gasteiger partial charge in [-0.05, 0) is 50.9 Å². The van der Waals surface area contributed by atoms with Crippen LogP contribution in [0.3, 0.4) is 0 Å². The molecule has 1 saturated heterocycles. The molecule has 0 aliphatic carbocycles. The third kappa shape index (κ3) is 3.95. The van der Waals surface area contributed by atoms with Crippen LogP contribution in [-0.4, -0.2) is 45.0 Å². The summed E-state index contributed by atoms with van der Waals surface area (Å²) in [6, 6.07) is 6.84. The largest absolute Gasteiger partial charge is 0.459 e. The van der Waals surface area contributed by atoms with Crippen LogP contribution >= 0.6 is 0 Å². The van der Waals surface area contributed by atoms with E-state index in [0.29, 0.717) is 30.4 Å². The molecule has 0 saturated carbocycles. The molecule has 2 N–H and O–H groups in total. The van der Waals surface area contributed by atoms with Crippen molar-refractivity contribution in [3.8, 4) is 0 Å². The first-order valence-electron chi connectivity index (χ1n) is 9.21. The fourth-order valence-corrected chi connectivity index (χ4v) is 3.55. The summed E-state index contributed by atoms with van der Waals surface area (Å²) in [7, 11) is 0. The third-order valence-corrected chi connectivity index (χ3v) is 5.02. The van der Waals surface area contributed by atoms with Gasteiger partial charge in [0, 0.05) is 30.9 Å². The number of nitrogens with one attached hydrogen (secondary N) is 2. The van der Waals surface area contributed by atoms with Crippen molar-refractivity contribution in [2.45, 2.75) is 26.3 Å². The van der Waals surface area contributed by atoms with Crippen molar-refractivity contribution in [2.24, 2.45) is 5.92 Å². The monoisotopic (exact) mass is 369 g/mol. The van der Waals surface area contributed by atoms with Crippen LogP contribution in [0.2, 0.25) is 0 Å². The van der Waals surface area contributed by atoms with Crippen LogP contribution in [0.15, 0.2) is 39.7 Å². The maximum Gasteiger partial charge on any atom is 0.286 e. The molecule has 0 atom stereocenters. The third-order valence-electron chi connectivity index (χ3n) is 5.02. The highest BCUT2D eigenvalue weighted by atomic mass is 16.3. The van der Waals surface area contributed by atoms with Crippen molar-refractivity contribution in [2.75, 3.05) is 19.6 Å². The van der Waals surface area contributed by atoms with Crippen LogP contribution in [-0.2, 0) is 6.54 Å².